The van der Waals surface area contributed by atoms with Crippen LogP contribution in [0.15, 0.2) is 35.6 Å². The van der Waals surface area contributed by atoms with Gasteiger partial charge in [0.25, 0.3) is 0 Å². The predicted molar refractivity (Wildman–Crippen MR) is 106 cm³/mol. The van der Waals surface area contributed by atoms with E-state index >= 15 is 0 Å². The number of aryl methyl sites for hydroxylation is 1. The molecule has 1 heterocycles. The number of aromatic nitrogens is 3. The van der Waals surface area contributed by atoms with Crippen LogP contribution in [0.4, 0.5) is 0 Å². The number of hydrogen-bond donors (Lipinski definition) is 2. The molecule has 2 N–H and O–H groups in total. The normalized spacial score (nSPS) is 12.9. The summed E-state index contributed by atoms with van der Waals surface area (Å²) >= 11 is 7.89. The van der Waals surface area contributed by atoms with E-state index in [9.17, 15) is 0 Å². The molecule has 136 valence electrons. The molecule has 25 heavy (non-hydrogen) atoms. The van der Waals surface area contributed by atoms with E-state index in [1.54, 1.807) is 25.1 Å². The second-order valence-corrected chi connectivity index (χ2v) is 6.93. The van der Waals surface area contributed by atoms with Crippen molar-refractivity contribution in [2.24, 2.45) is 4.99 Å². The molecule has 6 nitrogen and oxygen atoms in total. The van der Waals surface area contributed by atoms with Gasteiger partial charge in [-0.25, -0.2) is 0 Å². The minimum atomic E-state index is 0.307. The van der Waals surface area contributed by atoms with Gasteiger partial charge in [0.05, 0.1) is 0 Å². The zero-order valence-electron chi connectivity index (χ0n) is 14.9. The van der Waals surface area contributed by atoms with Crippen LogP contribution in [0.5, 0.6) is 0 Å². The molecule has 1 aromatic heterocycles. The number of benzene rings is 1. The number of thioether (sulfide) groups is 1. The van der Waals surface area contributed by atoms with E-state index in [0.717, 1.165) is 42.9 Å². The molecule has 0 bridgehead atoms. The molecule has 1 atom stereocenters. The van der Waals surface area contributed by atoms with Gasteiger partial charge in [-0.05, 0) is 24.0 Å². The van der Waals surface area contributed by atoms with Crippen molar-refractivity contribution in [1.82, 2.24) is 25.4 Å². The number of nitrogens with one attached hydrogen (secondary N) is 2. The summed E-state index contributed by atoms with van der Waals surface area (Å²) in [7, 11) is 1.78. The third-order valence-corrected chi connectivity index (χ3v) is 5.08. The highest BCUT2D eigenvalue weighted by Crippen LogP contribution is 2.27. The molecule has 1 unspecified atom stereocenters. The van der Waals surface area contributed by atoms with Crippen molar-refractivity contribution in [2.75, 3.05) is 26.4 Å². The summed E-state index contributed by atoms with van der Waals surface area (Å²) in [6.07, 6.45) is 4.74. The average Bonchev–Trinajstić information content (AvgIpc) is 3.08. The third-order valence-electron chi connectivity index (χ3n) is 3.84. The molecular weight excluding hydrogens is 356 g/mol. The SMILES string of the molecule is CCc1nncn1CCNC(=NC)NCC(SC)c1cccc(Cl)c1. The quantitative estimate of drug-likeness (QED) is 0.544. The molecule has 8 heteroatoms. The minimum absolute atomic E-state index is 0.307. The topological polar surface area (TPSA) is 67.1 Å². The molecule has 2 rings (SSSR count). The van der Waals surface area contributed by atoms with Crippen molar-refractivity contribution in [1.29, 1.82) is 0 Å². The van der Waals surface area contributed by atoms with E-state index in [2.05, 4.69) is 49.6 Å². The van der Waals surface area contributed by atoms with Gasteiger partial charge in [-0.1, -0.05) is 30.7 Å². The largest absolute Gasteiger partial charge is 0.355 e. The molecule has 0 fully saturated rings. The van der Waals surface area contributed by atoms with Gasteiger partial charge in [-0.15, -0.1) is 10.2 Å². The average molecular weight is 381 g/mol. The summed E-state index contributed by atoms with van der Waals surface area (Å²) in [6, 6.07) is 7.99. The van der Waals surface area contributed by atoms with Crippen LogP contribution < -0.4 is 10.6 Å². The Morgan fingerprint density at radius 2 is 2.24 bits per heavy atom. The lowest BCUT2D eigenvalue weighted by Crippen LogP contribution is -2.40. The van der Waals surface area contributed by atoms with Gasteiger partial charge >= 0.3 is 0 Å². The fraction of sp³-hybridized carbons (Fsp3) is 0.471. The standard InChI is InChI=1S/C17H25ClN6S/c1-4-16-23-22-12-24(16)9-8-20-17(19-2)21-11-15(25-3)13-6-5-7-14(18)10-13/h5-7,10,12,15H,4,8-9,11H2,1-3H3,(H2,19,20,21). The fourth-order valence-electron chi connectivity index (χ4n) is 2.49. The lowest BCUT2D eigenvalue weighted by Gasteiger charge is -2.18. The van der Waals surface area contributed by atoms with Crippen LogP contribution in [0.1, 0.15) is 23.6 Å². The maximum Gasteiger partial charge on any atom is 0.191 e. The van der Waals surface area contributed by atoms with Gasteiger partial charge in [-0.3, -0.25) is 4.99 Å². The lowest BCUT2D eigenvalue weighted by atomic mass is 10.1. The number of hydrogen-bond acceptors (Lipinski definition) is 4. The molecule has 2 aromatic rings. The highest BCUT2D eigenvalue weighted by molar-refractivity contribution is 7.98. The molecule has 0 saturated heterocycles. The molecule has 0 aliphatic rings. The van der Waals surface area contributed by atoms with Gasteiger partial charge in [0.15, 0.2) is 5.96 Å². The van der Waals surface area contributed by atoms with Crippen molar-refractivity contribution in [3.8, 4) is 0 Å². The van der Waals surface area contributed by atoms with E-state index in [4.69, 9.17) is 11.6 Å². The van der Waals surface area contributed by atoms with Crippen molar-refractivity contribution in [2.45, 2.75) is 25.1 Å². The Labute approximate surface area is 158 Å². The molecule has 0 saturated carbocycles. The van der Waals surface area contributed by atoms with Gasteiger partial charge in [-0.2, -0.15) is 11.8 Å². The summed E-state index contributed by atoms with van der Waals surface area (Å²) in [5.74, 6) is 1.78. The highest BCUT2D eigenvalue weighted by atomic mass is 35.5. The monoisotopic (exact) mass is 380 g/mol. The lowest BCUT2D eigenvalue weighted by molar-refractivity contribution is 0.632. The highest BCUT2D eigenvalue weighted by Gasteiger charge is 2.11. The van der Waals surface area contributed by atoms with Crippen LogP contribution >= 0.6 is 23.4 Å². The Kier molecular flexibility index (Phi) is 8.08. The molecule has 0 aliphatic heterocycles. The summed E-state index contributed by atoms with van der Waals surface area (Å²) < 4.78 is 2.05. The summed E-state index contributed by atoms with van der Waals surface area (Å²) in [4.78, 5) is 4.29. The molecule has 0 aliphatic carbocycles. The maximum atomic E-state index is 6.10. The Balaban J connectivity index is 1.83. The minimum Gasteiger partial charge on any atom is -0.355 e. The third kappa shape index (κ3) is 5.93. The Hall–Kier alpha value is -1.73. The van der Waals surface area contributed by atoms with Crippen LogP contribution in [0.25, 0.3) is 0 Å². The van der Waals surface area contributed by atoms with E-state index < -0.39 is 0 Å². The van der Waals surface area contributed by atoms with Crippen LogP contribution in [-0.2, 0) is 13.0 Å². The number of guanidine groups is 1. The van der Waals surface area contributed by atoms with Gasteiger partial charge < -0.3 is 15.2 Å². The first-order chi connectivity index (χ1) is 12.2. The first-order valence-electron chi connectivity index (χ1n) is 8.27. The van der Waals surface area contributed by atoms with E-state index in [-0.39, 0.29) is 0 Å². The zero-order valence-corrected chi connectivity index (χ0v) is 16.4. The van der Waals surface area contributed by atoms with Crippen molar-refractivity contribution in [3.63, 3.8) is 0 Å². The zero-order chi connectivity index (χ0) is 18.1. The molecule has 0 amide bonds. The first-order valence-corrected chi connectivity index (χ1v) is 9.94. The molecule has 1 aromatic carbocycles. The fourth-order valence-corrected chi connectivity index (χ4v) is 3.36. The molecular formula is C17H25ClN6S. The van der Waals surface area contributed by atoms with E-state index in [0.29, 0.717) is 5.25 Å². The van der Waals surface area contributed by atoms with Gasteiger partial charge in [0, 0.05) is 43.4 Å². The molecule has 0 radical (unpaired) electrons. The van der Waals surface area contributed by atoms with Crippen LogP contribution in [0, 0.1) is 0 Å². The van der Waals surface area contributed by atoms with Crippen molar-refractivity contribution < 1.29 is 0 Å². The Morgan fingerprint density at radius 3 is 2.92 bits per heavy atom. The number of aliphatic imine (C=N–C) groups is 1. The van der Waals surface area contributed by atoms with Gasteiger partial charge in [0.2, 0.25) is 0 Å². The van der Waals surface area contributed by atoms with Gasteiger partial charge in [0.1, 0.15) is 12.2 Å². The molecule has 0 spiro atoms. The first kappa shape index (κ1) is 19.6. The Morgan fingerprint density at radius 1 is 1.40 bits per heavy atom. The van der Waals surface area contributed by atoms with Crippen LogP contribution in [-0.4, -0.2) is 47.1 Å². The van der Waals surface area contributed by atoms with Crippen LogP contribution in [0.2, 0.25) is 5.02 Å². The maximum absolute atomic E-state index is 6.10. The number of rotatable bonds is 8. The predicted octanol–water partition coefficient (Wildman–Crippen LogP) is 2.76. The number of halogens is 1. The van der Waals surface area contributed by atoms with Crippen molar-refractivity contribution in [3.05, 3.63) is 47.0 Å². The van der Waals surface area contributed by atoms with Crippen LogP contribution in [0.3, 0.4) is 0 Å². The number of nitrogens with zero attached hydrogens (tertiary/aromatic N) is 4. The summed E-state index contributed by atoms with van der Waals surface area (Å²) in [5, 5.41) is 15.8. The second-order valence-electron chi connectivity index (χ2n) is 5.45. The van der Waals surface area contributed by atoms with E-state index in [1.165, 1.54) is 5.56 Å². The summed E-state index contributed by atoms with van der Waals surface area (Å²) in [5.41, 5.74) is 1.21. The smallest absolute Gasteiger partial charge is 0.191 e. The van der Waals surface area contributed by atoms with Crippen molar-refractivity contribution >= 4 is 29.3 Å². The Bertz CT molecular complexity index is 687. The second kappa shape index (κ2) is 10.3. The summed E-state index contributed by atoms with van der Waals surface area (Å²) in [6.45, 7) is 4.41. The van der Waals surface area contributed by atoms with E-state index in [1.807, 2.05) is 18.2 Å².